The number of anilines is 2. The maximum Gasteiger partial charge on any atom is 0.338 e. The van der Waals surface area contributed by atoms with Crippen molar-refractivity contribution in [2.24, 2.45) is 0 Å². The first-order valence-corrected chi connectivity index (χ1v) is 12.0. The fourth-order valence-corrected chi connectivity index (χ4v) is 3.85. The molecular formula is C28H34N2O5. The number of hydrogen-bond donors (Lipinski definition) is 2. The first-order valence-electron chi connectivity index (χ1n) is 12.0. The minimum atomic E-state index is -0.495. The fourth-order valence-electron chi connectivity index (χ4n) is 3.85. The van der Waals surface area contributed by atoms with Crippen LogP contribution in [0.3, 0.4) is 0 Å². The first-order chi connectivity index (χ1) is 16.9. The van der Waals surface area contributed by atoms with E-state index in [1.54, 1.807) is 48.5 Å². The average Bonchev–Trinajstić information content (AvgIpc) is 2.86. The number of ether oxygens (including phenoxy) is 3. The van der Waals surface area contributed by atoms with Crippen molar-refractivity contribution >= 4 is 29.4 Å². The number of carbonyl (C=O) groups excluding carboxylic acids is 2. The molecule has 0 spiro atoms. The number of carbonyl (C=O) groups is 2. The number of rotatable bonds is 11. The summed E-state index contributed by atoms with van der Waals surface area (Å²) in [4.78, 5) is 24.5. The monoisotopic (exact) mass is 478 g/mol. The number of benzene rings is 2. The largest absolute Gasteiger partial charge is 0.459 e. The minimum absolute atomic E-state index is 0.0589. The third-order valence-corrected chi connectivity index (χ3v) is 5.90. The Kier molecular flexibility index (Phi) is 9.93. The molecule has 2 aromatic rings. The molecule has 1 fully saturated rings. The molecule has 0 heterocycles. The molecule has 4 N–H and O–H groups in total. The van der Waals surface area contributed by atoms with E-state index in [0.717, 1.165) is 50.7 Å². The molecule has 0 aliphatic heterocycles. The molecule has 35 heavy (non-hydrogen) atoms. The van der Waals surface area contributed by atoms with Gasteiger partial charge in [0.15, 0.2) is 0 Å². The van der Waals surface area contributed by atoms with Gasteiger partial charge in [-0.2, -0.15) is 0 Å². The van der Waals surface area contributed by atoms with Gasteiger partial charge in [-0.25, -0.2) is 9.59 Å². The van der Waals surface area contributed by atoms with Gasteiger partial charge in [-0.3, -0.25) is 0 Å². The molecule has 1 aliphatic carbocycles. The molecule has 3 rings (SSSR count). The normalized spacial score (nSPS) is 17.7. The summed E-state index contributed by atoms with van der Waals surface area (Å²) in [6.07, 6.45) is 10.4. The van der Waals surface area contributed by atoms with E-state index in [-0.39, 0.29) is 24.8 Å². The van der Waals surface area contributed by atoms with Gasteiger partial charge in [-0.1, -0.05) is 24.3 Å². The van der Waals surface area contributed by atoms with Gasteiger partial charge < -0.3 is 25.7 Å². The number of unbranched alkanes of at least 4 members (excludes halogenated alkanes) is 1. The molecule has 7 heteroatoms. The fraction of sp³-hybridized carbons (Fsp3) is 0.357. The SMILES string of the molecule is C=CCCCOC1CCC(OC(=O)c2ccc(/C=C/C(=O)OCc3ccc(N)cc3N)cc2)CC1. The van der Waals surface area contributed by atoms with Crippen LogP contribution < -0.4 is 11.5 Å². The Morgan fingerprint density at radius 3 is 2.40 bits per heavy atom. The maximum atomic E-state index is 12.5. The molecule has 0 unspecified atom stereocenters. The Morgan fingerprint density at radius 1 is 1.00 bits per heavy atom. The third kappa shape index (κ3) is 8.61. The van der Waals surface area contributed by atoms with E-state index in [0.29, 0.717) is 22.5 Å². The Morgan fingerprint density at radius 2 is 1.71 bits per heavy atom. The van der Waals surface area contributed by atoms with E-state index >= 15 is 0 Å². The van der Waals surface area contributed by atoms with E-state index in [1.165, 1.54) is 6.08 Å². The summed E-state index contributed by atoms with van der Waals surface area (Å²) in [5.41, 5.74) is 14.5. The van der Waals surface area contributed by atoms with Crippen molar-refractivity contribution in [3.63, 3.8) is 0 Å². The van der Waals surface area contributed by atoms with Crippen molar-refractivity contribution in [2.45, 2.75) is 57.3 Å². The number of hydrogen-bond acceptors (Lipinski definition) is 7. The molecule has 0 radical (unpaired) electrons. The molecule has 186 valence electrons. The second kappa shape index (κ2) is 13.3. The predicted octanol–water partition coefficient (Wildman–Crippen LogP) is 5.06. The van der Waals surface area contributed by atoms with Crippen molar-refractivity contribution in [2.75, 3.05) is 18.1 Å². The van der Waals surface area contributed by atoms with Gasteiger partial charge in [0, 0.05) is 29.6 Å². The summed E-state index contributed by atoms with van der Waals surface area (Å²) in [6.45, 7) is 4.52. The van der Waals surface area contributed by atoms with Crippen LogP contribution in [0.15, 0.2) is 61.2 Å². The second-order valence-corrected chi connectivity index (χ2v) is 8.63. The van der Waals surface area contributed by atoms with E-state index in [2.05, 4.69) is 6.58 Å². The van der Waals surface area contributed by atoms with Gasteiger partial charge in [0.1, 0.15) is 12.7 Å². The van der Waals surface area contributed by atoms with Crippen molar-refractivity contribution in [3.8, 4) is 0 Å². The van der Waals surface area contributed by atoms with E-state index in [4.69, 9.17) is 25.7 Å². The summed E-state index contributed by atoms with van der Waals surface area (Å²) in [6, 6.07) is 11.9. The zero-order chi connectivity index (χ0) is 25.0. The smallest absolute Gasteiger partial charge is 0.338 e. The Balaban J connectivity index is 1.40. The zero-order valence-electron chi connectivity index (χ0n) is 20.0. The average molecular weight is 479 g/mol. The van der Waals surface area contributed by atoms with Crippen LogP contribution in [0.5, 0.6) is 0 Å². The minimum Gasteiger partial charge on any atom is -0.459 e. The molecule has 1 saturated carbocycles. The van der Waals surface area contributed by atoms with E-state index in [9.17, 15) is 9.59 Å². The molecule has 0 aromatic heterocycles. The summed E-state index contributed by atoms with van der Waals surface area (Å²) in [5.74, 6) is -0.832. The first kappa shape index (κ1) is 26.0. The van der Waals surface area contributed by atoms with E-state index in [1.807, 2.05) is 6.08 Å². The van der Waals surface area contributed by atoms with Gasteiger partial charge in [-0.05, 0) is 74.4 Å². The molecule has 0 amide bonds. The van der Waals surface area contributed by atoms with Crippen LogP contribution in [0.1, 0.15) is 60.0 Å². The Hall–Kier alpha value is -3.58. The van der Waals surface area contributed by atoms with Crippen LogP contribution in [0.4, 0.5) is 11.4 Å². The van der Waals surface area contributed by atoms with Crippen LogP contribution in [0, 0.1) is 0 Å². The second-order valence-electron chi connectivity index (χ2n) is 8.63. The lowest BCUT2D eigenvalue weighted by atomic mass is 9.95. The Labute approximate surface area is 206 Å². The molecule has 0 saturated heterocycles. The van der Waals surface area contributed by atoms with Crippen molar-refractivity contribution in [1.29, 1.82) is 0 Å². The van der Waals surface area contributed by atoms with Crippen molar-refractivity contribution in [1.82, 2.24) is 0 Å². The van der Waals surface area contributed by atoms with Crippen LogP contribution >= 0.6 is 0 Å². The number of nitrogens with two attached hydrogens (primary N) is 2. The highest BCUT2D eigenvalue weighted by Gasteiger charge is 2.24. The van der Waals surface area contributed by atoms with Gasteiger partial charge in [0.25, 0.3) is 0 Å². The van der Waals surface area contributed by atoms with Crippen LogP contribution in [-0.2, 0) is 25.6 Å². The van der Waals surface area contributed by atoms with Gasteiger partial charge in [-0.15, -0.1) is 6.58 Å². The molecule has 2 aromatic carbocycles. The van der Waals surface area contributed by atoms with Crippen LogP contribution in [0.2, 0.25) is 0 Å². The summed E-state index contributed by atoms with van der Waals surface area (Å²) < 4.78 is 16.8. The van der Waals surface area contributed by atoms with Crippen molar-refractivity contribution in [3.05, 3.63) is 77.9 Å². The molecular weight excluding hydrogens is 444 g/mol. The van der Waals surface area contributed by atoms with E-state index < -0.39 is 5.97 Å². The summed E-state index contributed by atoms with van der Waals surface area (Å²) >= 11 is 0. The third-order valence-electron chi connectivity index (χ3n) is 5.90. The summed E-state index contributed by atoms with van der Waals surface area (Å²) in [5, 5.41) is 0. The number of nitrogen functional groups attached to an aromatic ring is 2. The van der Waals surface area contributed by atoms with Gasteiger partial charge in [0.2, 0.25) is 0 Å². The molecule has 7 nitrogen and oxygen atoms in total. The van der Waals surface area contributed by atoms with Crippen LogP contribution in [0.25, 0.3) is 6.08 Å². The van der Waals surface area contributed by atoms with Gasteiger partial charge >= 0.3 is 11.9 Å². The molecule has 1 aliphatic rings. The predicted molar refractivity (Wildman–Crippen MR) is 137 cm³/mol. The lowest BCUT2D eigenvalue weighted by molar-refractivity contribution is -0.138. The molecule has 0 bridgehead atoms. The number of allylic oxidation sites excluding steroid dienone is 1. The zero-order valence-corrected chi connectivity index (χ0v) is 20.0. The quantitative estimate of drug-likeness (QED) is 0.153. The highest BCUT2D eigenvalue weighted by atomic mass is 16.5. The lowest BCUT2D eigenvalue weighted by Crippen LogP contribution is -2.28. The maximum absolute atomic E-state index is 12.5. The van der Waals surface area contributed by atoms with Crippen molar-refractivity contribution < 1.29 is 23.8 Å². The number of esters is 2. The lowest BCUT2D eigenvalue weighted by Gasteiger charge is -2.28. The highest BCUT2D eigenvalue weighted by molar-refractivity contribution is 5.90. The standard InChI is InChI=1S/C28H34N2O5/c1-2-3-4-17-33-24-12-14-25(15-13-24)35-28(32)21-8-5-20(6-9-21)7-16-27(31)34-19-22-10-11-23(29)18-26(22)30/h2,5-11,16,18,24-25H,1,3-4,12-15,17,19,29-30H2/b16-7+. The van der Waals surface area contributed by atoms with Crippen LogP contribution in [-0.4, -0.2) is 30.8 Å². The summed E-state index contributed by atoms with van der Waals surface area (Å²) in [7, 11) is 0. The van der Waals surface area contributed by atoms with Gasteiger partial charge in [0.05, 0.1) is 11.7 Å². The molecule has 0 atom stereocenters. The topological polar surface area (TPSA) is 114 Å². The highest BCUT2D eigenvalue weighted by Crippen LogP contribution is 2.25. The Bertz CT molecular complexity index is 1020.